The Hall–Kier alpha value is -2.93. The summed E-state index contributed by atoms with van der Waals surface area (Å²) in [6.45, 7) is 0.516. The first-order valence-electron chi connectivity index (χ1n) is 7.09. The molecule has 0 atom stereocenters. The van der Waals surface area contributed by atoms with Crippen molar-refractivity contribution in [3.63, 3.8) is 0 Å². The van der Waals surface area contributed by atoms with E-state index in [4.69, 9.17) is 9.15 Å². The molecule has 118 valence electrons. The van der Waals surface area contributed by atoms with Crippen LogP contribution in [0.25, 0.3) is 5.69 Å². The summed E-state index contributed by atoms with van der Waals surface area (Å²) in [6, 6.07) is 13.0. The van der Waals surface area contributed by atoms with E-state index in [0.29, 0.717) is 11.5 Å². The van der Waals surface area contributed by atoms with Crippen molar-refractivity contribution in [1.82, 2.24) is 20.3 Å². The molecule has 1 aromatic carbocycles. The zero-order valence-corrected chi connectivity index (χ0v) is 12.6. The number of nitrogens with one attached hydrogen (secondary N) is 1. The Morgan fingerprint density at radius 3 is 2.78 bits per heavy atom. The molecule has 3 aromatic rings. The van der Waals surface area contributed by atoms with Crippen LogP contribution in [0.4, 0.5) is 0 Å². The lowest BCUT2D eigenvalue weighted by molar-refractivity contribution is 0.0937. The maximum absolute atomic E-state index is 12.4. The zero-order chi connectivity index (χ0) is 16.1. The number of nitrogens with zero attached hydrogens (tertiary/aromatic N) is 3. The van der Waals surface area contributed by atoms with E-state index in [9.17, 15) is 4.79 Å². The van der Waals surface area contributed by atoms with Gasteiger partial charge < -0.3 is 14.5 Å². The summed E-state index contributed by atoms with van der Waals surface area (Å²) in [5.41, 5.74) is 1.65. The molecule has 1 N–H and O–H groups in total. The highest BCUT2D eigenvalue weighted by Crippen LogP contribution is 2.14. The number of rotatable bonds is 6. The van der Waals surface area contributed by atoms with Gasteiger partial charge in [0.1, 0.15) is 11.5 Å². The lowest BCUT2D eigenvalue weighted by atomic mass is 10.2. The van der Waals surface area contributed by atoms with E-state index in [1.54, 1.807) is 30.2 Å². The average Bonchev–Trinajstić information content (AvgIpc) is 3.23. The van der Waals surface area contributed by atoms with Crippen molar-refractivity contribution < 1.29 is 13.9 Å². The number of benzene rings is 1. The molecule has 0 aliphatic rings. The van der Waals surface area contributed by atoms with E-state index in [0.717, 1.165) is 5.69 Å². The van der Waals surface area contributed by atoms with Gasteiger partial charge in [-0.15, -0.1) is 5.10 Å². The maximum Gasteiger partial charge on any atom is 0.274 e. The zero-order valence-electron chi connectivity index (χ0n) is 12.6. The number of carbonyl (C=O) groups is 1. The lowest BCUT2D eigenvalue weighted by Crippen LogP contribution is -2.24. The van der Waals surface area contributed by atoms with Crippen LogP contribution in [-0.2, 0) is 17.9 Å². The van der Waals surface area contributed by atoms with Gasteiger partial charge in [-0.1, -0.05) is 23.4 Å². The molecule has 0 aliphatic heterocycles. The molecular formula is C16H16N4O3. The molecule has 0 saturated carbocycles. The number of ether oxygens (including phenoxy) is 1. The predicted molar refractivity (Wildman–Crippen MR) is 82.0 cm³/mol. The van der Waals surface area contributed by atoms with Crippen molar-refractivity contribution in [2.75, 3.05) is 7.11 Å². The summed E-state index contributed by atoms with van der Waals surface area (Å²) in [5.74, 6) is 0.345. The monoisotopic (exact) mass is 312 g/mol. The van der Waals surface area contributed by atoms with Gasteiger partial charge in [-0.3, -0.25) is 4.79 Å². The number of amides is 1. The first-order valence-corrected chi connectivity index (χ1v) is 7.09. The Balaban J connectivity index is 1.84. The van der Waals surface area contributed by atoms with Crippen molar-refractivity contribution >= 4 is 5.91 Å². The number of furan rings is 1. The van der Waals surface area contributed by atoms with Crippen molar-refractivity contribution in [1.29, 1.82) is 0 Å². The van der Waals surface area contributed by atoms with Crippen LogP contribution in [0, 0.1) is 0 Å². The Morgan fingerprint density at radius 2 is 2.09 bits per heavy atom. The summed E-state index contributed by atoms with van der Waals surface area (Å²) in [5, 5.41) is 10.8. The molecular weight excluding hydrogens is 296 g/mol. The third kappa shape index (κ3) is 3.29. The predicted octanol–water partition coefficient (Wildman–Crippen LogP) is 1.94. The van der Waals surface area contributed by atoms with Crippen LogP contribution in [0.3, 0.4) is 0 Å². The van der Waals surface area contributed by atoms with E-state index < -0.39 is 0 Å². The van der Waals surface area contributed by atoms with Crippen molar-refractivity contribution in [2.24, 2.45) is 0 Å². The molecule has 7 heteroatoms. The SMILES string of the molecule is COCc1c(C(=O)NCc2ccco2)nnn1-c1ccccc1. The Bertz CT molecular complexity index is 766. The van der Waals surface area contributed by atoms with Crippen molar-refractivity contribution in [2.45, 2.75) is 13.2 Å². The van der Waals surface area contributed by atoms with Gasteiger partial charge in [0.2, 0.25) is 0 Å². The molecule has 0 radical (unpaired) electrons. The van der Waals surface area contributed by atoms with Crippen LogP contribution in [0.1, 0.15) is 21.9 Å². The molecule has 2 heterocycles. The third-order valence-corrected chi connectivity index (χ3v) is 3.26. The number of hydrogen-bond donors (Lipinski definition) is 1. The molecule has 0 unspecified atom stereocenters. The minimum absolute atomic E-state index is 0.228. The standard InChI is InChI=1S/C16H16N4O3/c1-22-11-14-15(16(21)17-10-13-8-5-9-23-13)18-19-20(14)12-6-3-2-4-7-12/h2-9H,10-11H2,1H3,(H,17,21). The highest BCUT2D eigenvalue weighted by molar-refractivity contribution is 5.93. The molecule has 0 spiro atoms. The summed E-state index contributed by atoms with van der Waals surface area (Å²) < 4.78 is 12.0. The molecule has 1 amide bonds. The molecule has 0 bridgehead atoms. The third-order valence-electron chi connectivity index (χ3n) is 3.26. The number of carbonyl (C=O) groups excluding carboxylic acids is 1. The Kier molecular flexibility index (Phi) is 4.49. The minimum Gasteiger partial charge on any atom is -0.467 e. The summed E-state index contributed by atoms with van der Waals surface area (Å²) in [7, 11) is 1.56. The van der Waals surface area contributed by atoms with Gasteiger partial charge in [0.25, 0.3) is 5.91 Å². The number of hydrogen-bond acceptors (Lipinski definition) is 5. The number of aromatic nitrogens is 3. The van der Waals surface area contributed by atoms with E-state index in [2.05, 4.69) is 15.6 Å². The van der Waals surface area contributed by atoms with E-state index in [1.807, 2.05) is 30.3 Å². The molecule has 0 fully saturated rings. The Morgan fingerprint density at radius 1 is 1.26 bits per heavy atom. The lowest BCUT2D eigenvalue weighted by Gasteiger charge is -2.07. The minimum atomic E-state index is -0.323. The molecule has 0 saturated heterocycles. The van der Waals surface area contributed by atoms with E-state index >= 15 is 0 Å². The first kappa shape index (κ1) is 15.0. The quantitative estimate of drug-likeness (QED) is 0.752. The van der Waals surface area contributed by atoms with Crippen molar-refractivity contribution in [3.8, 4) is 5.69 Å². The van der Waals surface area contributed by atoms with Crippen LogP contribution >= 0.6 is 0 Å². The number of para-hydroxylation sites is 1. The molecule has 2 aromatic heterocycles. The fraction of sp³-hybridized carbons (Fsp3) is 0.188. The molecule has 23 heavy (non-hydrogen) atoms. The summed E-state index contributed by atoms with van der Waals surface area (Å²) in [4.78, 5) is 12.4. The van der Waals surface area contributed by atoms with E-state index in [1.165, 1.54) is 0 Å². The van der Waals surface area contributed by atoms with Crippen LogP contribution < -0.4 is 5.32 Å². The maximum atomic E-state index is 12.4. The van der Waals surface area contributed by atoms with Gasteiger partial charge in [-0.2, -0.15) is 0 Å². The highest BCUT2D eigenvalue weighted by atomic mass is 16.5. The Labute approximate surface area is 132 Å². The van der Waals surface area contributed by atoms with Crippen LogP contribution in [0.5, 0.6) is 0 Å². The molecule has 7 nitrogen and oxygen atoms in total. The molecule has 3 rings (SSSR count). The van der Waals surface area contributed by atoms with Gasteiger partial charge in [-0.05, 0) is 24.3 Å². The summed E-state index contributed by atoms with van der Waals surface area (Å²) in [6.07, 6.45) is 1.56. The van der Waals surface area contributed by atoms with Crippen LogP contribution in [-0.4, -0.2) is 28.0 Å². The number of methoxy groups -OCH3 is 1. The molecule has 0 aliphatic carbocycles. The second-order valence-electron chi connectivity index (χ2n) is 4.83. The fourth-order valence-corrected chi connectivity index (χ4v) is 2.19. The van der Waals surface area contributed by atoms with Gasteiger partial charge in [0.05, 0.1) is 25.1 Å². The van der Waals surface area contributed by atoms with Gasteiger partial charge in [0, 0.05) is 7.11 Å². The fourth-order valence-electron chi connectivity index (χ4n) is 2.19. The average molecular weight is 312 g/mol. The van der Waals surface area contributed by atoms with Gasteiger partial charge >= 0.3 is 0 Å². The largest absolute Gasteiger partial charge is 0.467 e. The second-order valence-corrected chi connectivity index (χ2v) is 4.83. The normalized spacial score (nSPS) is 10.7. The van der Waals surface area contributed by atoms with Gasteiger partial charge in [-0.25, -0.2) is 4.68 Å². The smallest absolute Gasteiger partial charge is 0.274 e. The topological polar surface area (TPSA) is 82.2 Å². The first-order chi connectivity index (χ1) is 11.3. The summed E-state index contributed by atoms with van der Waals surface area (Å²) >= 11 is 0. The van der Waals surface area contributed by atoms with Crippen molar-refractivity contribution in [3.05, 3.63) is 65.9 Å². The van der Waals surface area contributed by atoms with E-state index in [-0.39, 0.29) is 24.8 Å². The van der Waals surface area contributed by atoms with Crippen LogP contribution in [0.2, 0.25) is 0 Å². The van der Waals surface area contributed by atoms with Gasteiger partial charge in [0.15, 0.2) is 5.69 Å². The second kappa shape index (κ2) is 6.89. The van der Waals surface area contributed by atoms with Crippen LogP contribution in [0.15, 0.2) is 53.1 Å². The highest BCUT2D eigenvalue weighted by Gasteiger charge is 2.20.